The van der Waals surface area contributed by atoms with Crippen molar-refractivity contribution in [3.63, 3.8) is 0 Å². The number of carbonyl (C=O) groups excluding carboxylic acids is 4. The molecule has 0 aromatic heterocycles. The molecule has 0 aliphatic carbocycles. The van der Waals surface area contributed by atoms with Crippen LogP contribution in [0.5, 0.6) is 0 Å². The SMILES string of the molecule is CC(C)(C)[C@H](NC(=O)C(F)(F)F)C(=O)NCC(=O)N[C@H](C#N)C[C@@H]1CCNC1=O. The summed E-state index contributed by atoms with van der Waals surface area (Å²) in [4.78, 5) is 46.9. The van der Waals surface area contributed by atoms with Crippen molar-refractivity contribution in [2.45, 2.75) is 51.9 Å². The minimum absolute atomic E-state index is 0.105. The number of halogens is 3. The second kappa shape index (κ2) is 9.58. The van der Waals surface area contributed by atoms with Gasteiger partial charge in [-0.1, -0.05) is 20.8 Å². The molecule has 12 heteroatoms. The molecule has 4 amide bonds. The van der Waals surface area contributed by atoms with Gasteiger partial charge in [-0.25, -0.2) is 0 Å². The lowest BCUT2D eigenvalue weighted by Crippen LogP contribution is -2.57. The van der Waals surface area contributed by atoms with Gasteiger partial charge in [-0.05, 0) is 18.3 Å². The number of carbonyl (C=O) groups is 4. The number of nitriles is 1. The maximum atomic E-state index is 12.5. The molecule has 1 fully saturated rings. The molecule has 0 aromatic rings. The number of rotatable bonds is 7. The van der Waals surface area contributed by atoms with Crippen LogP contribution in [-0.2, 0) is 19.2 Å². The third-order valence-electron chi connectivity index (χ3n) is 4.26. The highest BCUT2D eigenvalue weighted by molar-refractivity contribution is 5.92. The van der Waals surface area contributed by atoms with E-state index in [4.69, 9.17) is 5.26 Å². The van der Waals surface area contributed by atoms with Crippen molar-refractivity contribution < 1.29 is 32.3 Å². The first-order valence-electron chi connectivity index (χ1n) is 8.87. The lowest BCUT2D eigenvalue weighted by atomic mass is 9.86. The van der Waals surface area contributed by atoms with Gasteiger partial charge in [-0.15, -0.1) is 0 Å². The van der Waals surface area contributed by atoms with E-state index in [1.54, 1.807) is 5.32 Å². The van der Waals surface area contributed by atoms with Gasteiger partial charge in [0.1, 0.15) is 12.1 Å². The first-order chi connectivity index (χ1) is 13.3. The highest BCUT2D eigenvalue weighted by Gasteiger charge is 2.43. The van der Waals surface area contributed by atoms with E-state index in [0.29, 0.717) is 13.0 Å². The summed E-state index contributed by atoms with van der Waals surface area (Å²) in [5.74, 6) is -4.61. The first-order valence-corrected chi connectivity index (χ1v) is 8.87. The normalized spacial score (nSPS) is 18.8. The van der Waals surface area contributed by atoms with E-state index in [2.05, 4.69) is 16.0 Å². The standard InChI is InChI=1S/C17H24F3N5O4/c1-16(2,3)12(25-15(29)17(18,19)20)14(28)23-8-11(26)24-10(7-21)6-9-4-5-22-13(9)27/h9-10,12H,4-6,8H2,1-3H3,(H,22,27)(H,23,28)(H,24,26)(H,25,29)/t9-,10-,12+/m0/s1. The maximum absolute atomic E-state index is 12.5. The van der Waals surface area contributed by atoms with Crippen molar-refractivity contribution in [2.75, 3.05) is 13.1 Å². The van der Waals surface area contributed by atoms with Gasteiger partial charge in [0.25, 0.3) is 0 Å². The minimum atomic E-state index is -5.16. The van der Waals surface area contributed by atoms with Crippen molar-refractivity contribution in [1.82, 2.24) is 21.3 Å². The largest absolute Gasteiger partial charge is 0.471 e. The molecule has 0 saturated carbocycles. The van der Waals surface area contributed by atoms with Crippen LogP contribution in [0, 0.1) is 22.7 Å². The number of nitrogens with zero attached hydrogens (tertiary/aromatic N) is 1. The van der Waals surface area contributed by atoms with E-state index in [1.165, 1.54) is 20.8 Å². The van der Waals surface area contributed by atoms with E-state index in [1.807, 2.05) is 6.07 Å². The fourth-order valence-corrected chi connectivity index (χ4v) is 2.70. The first kappa shape index (κ1) is 24.2. The number of alkyl halides is 3. The summed E-state index contributed by atoms with van der Waals surface area (Å²) in [5, 5.41) is 17.9. The molecule has 0 spiro atoms. The third kappa shape index (κ3) is 7.59. The molecule has 1 rings (SSSR count). The quantitative estimate of drug-likeness (QED) is 0.450. The molecule has 0 aromatic carbocycles. The van der Waals surface area contributed by atoms with E-state index >= 15 is 0 Å². The van der Waals surface area contributed by atoms with E-state index < -0.39 is 53.9 Å². The van der Waals surface area contributed by atoms with E-state index in [0.717, 1.165) is 0 Å². The summed E-state index contributed by atoms with van der Waals surface area (Å²) in [6.07, 6.45) is -4.52. The Hall–Kier alpha value is -2.84. The number of nitrogens with one attached hydrogen (secondary N) is 4. The zero-order valence-electron chi connectivity index (χ0n) is 16.3. The van der Waals surface area contributed by atoms with Gasteiger partial charge < -0.3 is 21.3 Å². The Balaban J connectivity index is 2.62. The topological polar surface area (TPSA) is 140 Å². The number of hydrogen-bond acceptors (Lipinski definition) is 5. The second-order valence-corrected chi connectivity index (χ2v) is 7.75. The molecule has 162 valence electrons. The van der Waals surface area contributed by atoms with Crippen LogP contribution in [0.15, 0.2) is 0 Å². The van der Waals surface area contributed by atoms with Crippen LogP contribution < -0.4 is 21.3 Å². The fraction of sp³-hybridized carbons (Fsp3) is 0.706. The molecule has 29 heavy (non-hydrogen) atoms. The minimum Gasteiger partial charge on any atom is -0.356 e. The Bertz CT molecular complexity index is 697. The molecule has 0 radical (unpaired) electrons. The van der Waals surface area contributed by atoms with Gasteiger partial charge in [0.15, 0.2) is 0 Å². The van der Waals surface area contributed by atoms with Crippen LogP contribution in [0.2, 0.25) is 0 Å². The van der Waals surface area contributed by atoms with Crippen molar-refractivity contribution in [3.8, 4) is 6.07 Å². The zero-order chi connectivity index (χ0) is 22.4. The molecule has 0 unspecified atom stereocenters. The second-order valence-electron chi connectivity index (χ2n) is 7.75. The highest BCUT2D eigenvalue weighted by Crippen LogP contribution is 2.22. The van der Waals surface area contributed by atoms with Crippen LogP contribution in [-0.4, -0.2) is 55.0 Å². The van der Waals surface area contributed by atoms with Gasteiger partial charge in [0, 0.05) is 12.5 Å². The maximum Gasteiger partial charge on any atom is 0.471 e. The molecular weight excluding hydrogens is 395 g/mol. The summed E-state index contributed by atoms with van der Waals surface area (Å²) in [7, 11) is 0. The van der Waals surface area contributed by atoms with E-state index in [9.17, 15) is 32.3 Å². The van der Waals surface area contributed by atoms with Crippen LogP contribution in [0.3, 0.4) is 0 Å². The Kier molecular flexibility index (Phi) is 7.99. The van der Waals surface area contributed by atoms with Gasteiger partial charge in [0.2, 0.25) is 17.7 Å². The summed E-state index contributed by atoms with van der Waals surface area (Å²) in [5.41, 5.74) is -1.06. The monoisotopic (exact) mass is 419 g/mol. The Morgan fingerprint density at radius 3 is 2.31 bits per heavy atom. The van der Waals surface area contributed by atoms with Gasteiger partial charge in [-0.3, -0.25) is 19.2 Å². The zero-order valence-corrected chi connectivity index (χ0v) is 16.3. The molecule has 1 aliphatic heterocycles. The van der Waals surface area contributed by atoms with Crippen LogP contribution in [0.25, 0.3) is 0 Å². The Morgan fingerprint density at radius 2 is 1.86 bits per heavy atom. The fourth-order valence-electron chi connectivity index (χ4n) is 2.70. The van der Waals surface area contributed by atoms with Crippen LogP contribution in [0.1, 0.15) is 33.6 Å². The van der Waals surface area contributed by atoms with Crippen molar-refractivity contribution >= 4 is 23.6 Å². The Morgan fingerprint density at radius 1 is 1.24 bits per heavy atom. The summed E-state index contributed by atoms with van der Waals surface area (Å²) in [6, 6.07) is -0.654. The molecule has 1 aliphatic rings. The molecular formula is C17H24F3N5O4. The Labute approximate surface area is 165 Å². The predicted octanol–water partition coefficient (Wildman–Crippen LogP) is -0.270. The van der Waals surface area contributed by atoms with Crippen molar-refractivity contribution in [2.24, 2.45) is 11.3 Å². The average Bonchev–Trinajstić information content (AvgIpc) is 2.99. The van der Waals surface area contributed by atoms with Gasteiger partial charge >= 0.3 is 12.1 Å². The summed E-state index contributed by atoms with van der Waals surface area (Å²) >= 11 is 0. The number of hydrogen-bond donors (Lipinski definition) is 4. The van der Waals surface area contributed by atoms with E-state index in [-0.39, 0.29) is 12.3 Å². The predicted molar refractivity (Wildman–Crippen MR) is 93.7 cm³/mol. The van der Waals surface area contributed by atoms with Crippen molar-refractivity contribution in [3.05, 3.63) is 0 Å². The van der Waals surface area contributed by atoms with Crippen LogP contribution >= 0.6 is 0 Å². The average molecular weight is 419 g/mol. The molecule has 4 N–H and O–H groups in total. The summed E-state index contributed by atoms with van der Waals surface area (Å²) in [6.45, 7) is 4.23. The summed E-state index contributed by atoms with van der Waals surface area (Å²) < 4.78 is 37.5. The smallest absolute Gasteiger partial charge is 0.356 e. The molecule has 1 saturated heterocycles. The lowest BCUT2D eigenvalue weighted by Gasteiger charge is -2.30. The van der Waals surface area contributed by atoms with Gasteiger partial charge in [-0.2, -0.15) is 18.4 Å². The number of amides is 4. The molecule has 1 heterocycles. The molecule has 3 atom stereocenters. The van der Waals surface area contributed by atoms with Crippen molar-refractivity contribution in [1.29, 1.82) is 5.26 Å². The third-order valence-corrected chi connectivity index (χ3v) is 4.26. The highest BCUT2D eigenvalue weighted by atomic mass is 19.4. The lowest BCUT2D eigenvalue weighted by molar-refractivity contribution is -0.175. The van der Waals surface area contributed by atoms with Crippen LogP contribution in [0.4, 0.5) is 13.2 Å². The molecule has 0 bridgehead atoms. The molecule has 9 nitrogen and oxygen atoms in total. The van der Waals surface area contributed by atoms with Gasteiger partial charge in [0.05, 0.1) is 12.6 Å².